The van der Waals surface area contributed by atoms with Crippen molar-refractivity contribution in [3.63, 3.8) is 0 Å². The van der Waals surface area contributed by atoms with Gasteiger partial charge in [0, 0.05) is 38.6 Å². The van der Waals surface area contributed by atoms with Crippen LogP contribution in [0.25, 0.3) is 0 Å². The lowest BCUT2D eigenvalue weighted by Gasteiger charge is -2.39. The smallest absolute Gasteiger partial charge is 0.213 e. The van der Waals surface area contributed by atoms with E-state index in [1.807, 2.05) is 0 Å². The standard InChI is InChI=1S/C14H24N4O/c1-2-4-12(5-3-1)13-10-18(9-7-15-13)8-6-14-16-11-19-17-14/h11-13,15H,1-10H2. The molecule has 5 heteroatoms. The summed E-state index contributed by atoms with van der Waals surface area (Å²) in [5, 5.41) is 7.60. The first-order valence-corrected chi connectivity index (χ1v) is 7.63. The molecule has 0 bridgehead atoms. The number of piperazine rings is 1. The summed E-state index contributed by atoms with van der Waals surface area (Å²) in [6.45, 7) is 4.49. The van der Waals surface area contributed by atoms with Crippen LogP contribution in [-0.4, -0.2) is 47.3 Å². The second-order valence-corrected chi connectivity index (χ2v) is 5.86. The molecule has 1 N–H and O–H groups in total. The molecule has 0 radical (unpaired) electrons. The average molecular weight is 264 g/mol. The maximum atomic E-state index is 4.78. The van der Waals surface area contributed by atoms with Crippen molar-refractivity contribution in [1.82, 2.24) is 20.4 Å². The quantitative estimate of drug-likeness (QED) is 0.892. The Kier molecular flexibility index (Phi) is 4.45. The number of aromatic nitrogens is 2. The van der Waals surface area contributed by atoms with Crippen molar-refractivity contribution in [2.45, 2.75) is 44.6 Å². The van der Waals surface area contributed by atoms with E-state index < -0.39 is 0 Å². The van der Waals surface area contributed by atoms with E-state index in [0.29, 0.717) is 6.04 Å². The van der Waals surface area contributed by atoms with Gasteiger partial charge < -0.3 is 14.7 Å². The van der Waals surface area contributed by atoms with Crippen LogP contribution < -0.4 is 5.32 Å². The summed E-state index contributed by atoms with van der Waals surface area (Å²) in [7, 11) is 0. The lowest BCUT2D eigenvalue weighted by molar-refractivity contribution is 0.147. The number of rotatable bonds is 4. The van der Waals surface area contributed by atoms with Crippen molar-refractivity contribution in [1.29, 1.82) is 0 Å². The second-order valence-electron chi connectivity index (χ2n) is 5.86. The molecule has 1 saturated carbocycles. The number of nitrogens with zero attached hydrogens (tertiary/aromatic N) is 3. The van der Waals surface area contributed by atoms with Gasteiger partial charge in [-0.05, 0) is 18.8 Å². The third-order valence-electron chi connectivity index (χ3n) is 4.57. The molecule has 1 aromatic rings. The normalized spacial score (nSPS) is 26.6. The lowest BCUT2D eigenvalue weighted by Crippen LogP contribution is -2.54. The molecule has 1 saturated heterocycles. The molecule has 19 heavy (non-hydrogen) atoms. The van der Waals surface area contributed by atoms with Crippen molar-refractivity contribution in [2.24, 2.45) is 5.92 Å². The monoisotopic (exact) mass is 264 g/mol. The van der Waals surface area contributed by atoms with E-state index in [1.54, 1.807) is 0 Å². The maximum absolute atomic E-state index is 4.78. The van der Waals surface area contributed by atoms with Gasteiger partial charge in [-0.15, -0.1) is 0 Å². The third-order valence-corrected chi connectivity index (χ3v) is 4.57. The summed E-state index contributed by atoms with van der Waals surface area (Å²) in [5.41, 5.74) is 0. The highest BCUT2D eigenvalue weighted by atomic mass is 16.5. The number of nitrogens with one attached hydrogen (secondary N) is 1. The molecule has 1 unspecified atom stereocenters. The fourth-order valence-corrected chi connectivity index (χ4v) is 3.46. The van der Waals surface area contributed by atoms with Gasteiger partial charge in [0.25, 0.3) is 0 Å². The average Bonchev–Trinajstić information content (AvgIpc) is 3.00. The predicted octanol–water partition coefficient (Wildman–Crippen LogP) is 1.47. The van der Waals surface area contributed by atoms with E-state index in [1.165, 1.54) is 45.0 Å². The molecule has 2 heterocycles. The Bertz CT molecular complexity index is 362. The molecular weight excluding hydrogens is 240 g/mol. The second kappa shape index (κ2) is 6.48. The fourth-order valence-electron chi connectivity index (χ4n) is 3.46. The van der Waals surface area contributed by atoms with E-state index in [0.717, 1.165) is 37.8 Å². The van der Waals surface area contributed by atoms with Gasteiger partial charge in [0.2, 0.25) is 6.39 Å². The molecular formula is C14H24N4O. The summed E-state index contributed by atoms with van der Waals surface area (Å²) < 4.78 is 4.78. The van der Waals surface area contributed by atoms with Gasteiger partial charge in [-0.1, -0.05) is 24.4 Å². The van der Waals surface area contributed by atoms with Gasteiger partial charge in [-0.3, -0.25) is 0 Å². The molecule has 1 aliphatic heterocycles. The minimum atomic E-state index is 0.694. The van der Waals surface area contributed by atoms with Crippen LogP contribution in [0.1, 0.15) is 37.9 Å². The molecule has 106 valence electrons. The zero-order valence-electron chi connectivity index (χ0n) is 11.6. The first-order valence-electron chi connectivity index (χ1n) is 7.63. The molecule has 2 aliphatic rings. The van der Waals surface area contributed by atoms with Gasteiger partial charge in [-0.2, -0.15) is 4.98 Å². The molecule has 0 spiro atoms. The highest BCUT2D eigenvalue weighted by molar-refractivity contribution is 4.87. The highest BCUT2D eigenvalue weighted by Crippen LogP contribution is 2.27. The molecule has 2 fully saturated rings. The van der Waals surface area contributed by atoms with Crippen LogP contribution >= 0.6 is 0 Å². The topological polar surface area (TPSA) is 54.2 Å². The van der Waals surface area contributed by atoms with Crippen LogP contribution in [0.3, 0.4) is 0 Å². The zero-order valence-corrected chi connectivity index (χ0v) is 11.6. The molecule has 3 rings (SSSR count). The van der Waals surface area contributed by atoms with E-state index in [4.69, 9.17) is 4.52 Å². The summed E-state index contributed by atoms with van der Waals surface area (Å²) in [6, 6.07) is 0.694. The largest absolute Gasteiger partial charge is 0.343 e. The Balaban J connectivity index is 1.47. The third kappa shape index (κ3) is 3.54. The Morgan fingerprint density at radius 1 is 1.32 bits per heavy atom. The van der Waals surface area contributed by atoms with Gasteiger partial charge >= 0.3 is 0 Å². The molecule has 1 atom stereocenters. The van der Waals surface area contributed by atoms with Gasteiger partial charge in [0.1, 0.15) is 0 Å². The van der Waals surface area contributed by atoms with Crippen molar-refractivity contribution in [3.8, 4) is 0 Å². The SMILES string of the molecule is c1nc(CCN2CCNC(C3CCCCC3)C2)no1. The van der Waals surface area contributed by atoms with Crippen LogP contribution in [0.5, 0.6) is 0 Å². The van der Waals surface area contributed by atoms with Crippen LogP contribution in [0.2, 0.25) is 0 Å². The number of hydrogen-bond donors (Lipinski definition) is 1. The van der Waals surface area contributed by atoms with E-state index >= 15 is 0 Å². The summed E-state index contributed by atoms with van der Waals surface area (Å²) in [4.78, 5) is 6.64. The summed E-state index contributed by atoms with van der Waals surface area (Å²) >= 11 is 0. The first-order chi connectivity index (χ1) is 9.42. The van der Waals surface area contributed by atoms with Crippen molar-refractivity contribution in [2.75, 3.05) is 26.2 Å². The Morgan fingerprint density at radius 3 is 3.00 bits per heavy atom. The minimum absolute atomic E-state index is 0.694. The van der Waals surface area contributed by atoms with Gasteiger partial charge in [-0.25, -0.2) is 0 Å². The van der Waals surface area contributed by atoms with Crippen LogP contribution in [0.4, 0.5) is 0 Å². The van der Waals surface area contributed by atoms with Gasteiger partial charge in [0.05, 0.1) is 0 Å². The van der Waals surface area contributed by atoms with Crippen molar-refractivity contribution >= 4 is 0 Å². The molecule has 1 aromatic heterocycles. The first kappa shape index (κ1) is 13.1. The molecule has 0 amide bonds. The van der Waals surface area contributed by atoms with E-state index in [-0.39, 0.29) is 0 Å². The Morgan fingerprint density at radius 2 is 2.21 bits per heavy atom. The predicted molar refractivity (Wildman–Crippen MR) is 72.8 cm³/mol. The molecule has 5 nitrogen and oxygen atoms in total. The highest BCUT2D eigenvalue weighted by Gasteiger charge is 2.27. The Labute approximate surface area is 114 Å². The van der Waals surface area contributed by atoms with Crippen molar-refractivity contribution < 1.29 is 4.52 Å². The van der Waals surface area contributed by atoms with Gasteiger partial charge in [0.15, 0.2) is 5.82 Å². The van der Waals surface area contributed by atoms with E-state index in [2.05, 4.69) is 20.4 Å². The Hall–Kier alpha value is -0.940. The lowest BCUT2D eigenvalue weighted by atomic mass is 9.83. The van der Waals surface area contributed by atoms with Crippen molar-refractivity contribution in [3.05, 3.63) is 12.2 Å². The molecule has 1 aliphatic carbocycles. The zero-order chi connectivity index (χ0) is 12.9. The maximum Gasteiger partial charge on any atom is 0.213 e. The molecule has 0 aromatic carbocycles. The van der Waals surface area contributed by atoms with Crippen LogP contribution in [0.15, 0.2) is 10.9 Å². The van der Waals surface area contributed by atoms with Crippen LogP contribution in [-0.2, 0) is 6.42 Å². The summed E-state index contributed by atoms with van der Waals surface area (Å²) in [5.74, 6) is 1.72. The number of hydrogen-bond acceptors (Lipinski definition) is 5. The van der Waals surface area contributed by atoms with E-state index in [9.17, 15) is 0 Å². The fraction of sp³-hybridized carbons (Fsp3) is 0.857. The van der Waals surface area contributed by atoms with Crippen LogP contribution in [0, 0.1) is 5.92 Å². The summed E-state index contributed by atoms with van der Waals surface area (Å²) in [6.07, 6.45) is 9.42. The minimum Gasteiger partial charge on any atom is -0.343 e.